The predicted octanol–water partition coefficient (Wildman–Crippen LogP) is 7.70. The maximum atomic E-state index is 13.0. The summed E-state index contributed by atoms with van der Waals surface area (Å²) in [6.07, 6.45) is 2.36. The Morgan fingerprint density at radius 3 is 2.55 bits per heavy atom. The molecule has 4 rings (SSSR count). The number of aryl methyl sites for hydroxylation is 2. The van der Waals surface area contributed by atoms with E-state index in [0.717, 1.165) is 58.4 Å². The summed E-state index contributed by atoms with van der Waals surface area (Å²) in [5, 5.41) is 0. The Kier molecular flexibility index (Phi) is 5.27. The van der Waals surface area contributed by atoms with Gasteiger partial charge in [0, 0.05) is 35.8 Å². The highest BCUT2D eigenvalue weighted by atomic mass is 19.4. The molecule has 0 amide bonds. The van der Waals surface area contributed by atoms with Gasteiger partial charge in [-0.3, -0.25) is 0 Å². The van der Waals surface area contributed by atoms with Crippen LogP contribution >= 0.6 is 0 Å². The standard InChI is InChI=1S/C27H32F3N/c1-7-18-13-22-21(14-19(18)8-11-27(28,29)30)20-9-10-26(5,6)25(20)31-15-23(16(2)3)17(4)12-24(22)31/h12-15,20,25H,2,4,7-11H2,1,3,5-6H3. The fourth-order valence-corrected chi connectivity index (χ4v) is 5.79. The molecule has 1 aromatic carbocycles. The molecule has 3 aliphatic rings. The number of hydrogen-bond acceptors (Lipinski definition) is 1. The molecule has 1 aliphatic carbocycles. The fraction of sp³-hybridized carbons (Fsp3) is 0.481. The van der Waals surface area contributed by atoms with Gasteiger partial charge in [0.1, 0.15) is 0 Å². The minimum Gasteiger partial charge on any atom is -0.343 e. The van der Waals surface area contributed by atoms with Crippen LogP contribution in [0, 0.1) is 5.41 Å². The van der Waals surface area contributed by atoms with E-state index in [9.17, 15) is 13.2 Å². The summed E-state index contributed by atoms with van der Waals surface area (Å²) in [6.45, 7) is 17.0. The highest BCUT2D eigenvalue weighted by molar-refractivity contribution is 5.78. The van der Waals surface area contributed by atoms with E-state index in [2.05, 4.69) is 56.3 Å². The Hall–Kier alpha value is -2.23. The smallest absolute Gasteiger partial charge is 0.343 e. The lowest BCUT2D eigenvalue weighted by molar-refractivity contribution is -0.134. The van der Waals surface area contributed by atoms with Crippen LogP contribution in [0.5, 0.6) is 0 Å². The van der Waals surface area contributed by atoms with Crippen molar-refractivity contribution in [3.05, 3.63) is 76.5 Å². The van der Waals surface area contributed by atoms with Crippen LogP contribution < -0.4 is 0 Å². The van der Waals surface area contributed by atoms with Gasteiger partial charge in [-0.25, -0.2) is 0 Å². The van der Waals surface area contributed by atoms with Crippen LogP contribution in [0.25, 0.3) is 5.70 Å². The molecule has 0 N–H and O–H groups in total. The van der Waals surface area contributed by atoms with Gasteiger partial charge in [0.25, 0.3) is 0 Å². The van der Waals surface area contributed by atoms with Crippen molar-refractivity contribution in [1.82, 2.24) is 4.90 Å². The molecule has 0 bridgehead atoms. The predicted molar refractivity (Wildman–Crippen MR) is 122 cm³/mol. The van der Waals surface area contributed by atoms with Crippen molar-refractivity contribution in [3.63, 3.8) is 0 Å². The summed E-state index contributed by atoms with van der Waals surface area (Å²) in [4.78, 5) is 2.41. The molecule has 2 unspecified atom stereocenters. The average molecular weight is 428 g/mol. The number of halogens is 3. The van der Waals surface area contributed by atoms with Crippen molar-refractivity contribution in [2.75, 3.05) is 0 Å². The first-order chi connectivity index (χ1) is 14.4. The molecule has 1 aromatic rings. The number of hydrogen-bond donors (Lipinski definition) is 0. The molecule has 0 spiro atoms. The quantitative estimate of drug-likeness (QED) is 0.476. The van der Waals surface area contributed by atoms with Crippen molar-refractivity contribution < 1.29 is 13.2 Å². The highest BCUT2D eigenvalue weighted by Crippen LogP contribution is 2.56. The number of allylic oxidation sites excluding steroid dienone is 4. The third-order valence-electron chi connectivity index (χ3n) is 7.35. The first kappa shape index (κ1) is 22.0. The van der Waals surface area contributed by atoms with Crippen molar-refractivity contribution in [3.8, 4) is 0 Å². The molecule has 0 radical (unpaired) electrons. The van der Waals surface area contributed by atoms with E-state index in [4.69, 9.17) is 0 Å². The molecule has 1 fully saturated rings. The van der Waals surface area contributed by atoms with E-state index in [1.165, 1.54) is 5.56 Å². The Balaban J connectivity index is 1.88. The first-order valence-electron chi connectivity index (χ1n) is 11.2. The Morgan fingerprint density at radius 2 is 1.94 bits per heavy atom. The van der Waals surface area contributed by atoms with E-state index >= 15 is 0 Å². The first-order valence-corrected chi connectivity index (χ1v) is 11.2. The zero-order chi connectivity index (χ0) is 22.7. The molecule has 4 heteroatoms. The molecule has 1 nitrogen and oxygen atoms in total. The van der Waals surface area contributed by atoms with Gasteiger partial charge < -0.3 is 4.90 Å². The van der Waals surface area contributed by atoms with Gasteiger partial charge in [-0.15, -0.1) is 0 Å². The molecule has 0 saturated heterocycles. The molecular weight excluding hydrogens is 395 g/mol. The van der Waals surface area contributed by atoms with Crippen LogP contribution in [-0.4, -0.2) is 17.1 Å². The van der Waals surface area contributed by atoms with Crippen molar-refractivity contribution in [2.45, 2.75) is 77.9 Å². The zero-order valence-electron chi connectivity index (χ0n) is 19.0. The summed E-state index contributed by atoms with van der Waals surface area (Å²) < 4.78 is 38.9. The zero-order valence-corrected chi connectivity index (χ0v) is 19.0. The molecular formula is C27H32F3N. The fourth-order valence-electron chi connectivity index (χ4n) is 5.79. The van der Waals surface area contributed by atoms with E-state index in [-0.39, 0.29) is 17.9 Å². The molecule has 31 heavy (non-hydrogen) atoms. The van der Waals surface area contributed by atoms with E-state index in [1.807, 2.05) is 13.8 Å². The lowest BCUT2D eigenvalue weighted by atomic mass is 9.74. The van der Waals surface area contributed by atoms with Crippen molar-refractivity contribution in [2.24, 2.45) is 5.41 Å². The van der Waals surface area contributed by atoms with Gasteiger partial charge in [0.2, 0.25) is 0 Å². The lowest BCUT2D eigenvalue weighted by Gasteiger charge is -2.48. The second-order valence-corrected chi connectivity index (χ2v) is 10.0. The van der Waals surface area contributed by atoms with Gasteiger partial charge in [-0.2, -0.15) is 13.2 Å². The number of nitrogens with zero attached hydrogens (tertiary/aromatic N) is 1. The van der Waals surface area contributed by atoms with Crippen molar-refractivity contribution in [1.29, 1.82) is 0 Å². The van der Waals surface area contributed by atoms with Gasteiger partial charge in [-0.1, -0.05) is 40.0 Å². The van der Waals surface area contributed by atoms with Crippen LogP contribution in [0.3, 0.4) is 0 Å². The monoisotopic (exact) mass is 427 g/mol. The number of rotatable bonds is 4. The van der Waals surface area contributed by atoms with E-state index in [0.29, 0.717) is 5.92 Å². The Morgan fingerprint density at radius 1 is 1.23 bits per heavy atom. The average Bonchev–Trinajstić information content (AvgIpc) is 3.00. The third kappa shape index (κ3) is 3.79. The van der Waals surface area contributed by atoms with Gasteiger partial charge in [-0.05, 0) is 83.6 Å². The summed E-state index contributed by atoms with van der Waals surface area (Å²) in [6, 6.07) is 4.52. The molecule has 2 aliphatic heterocycles. The maximum absolute atomic E-state index is 13.0. The number of benzene rings is 1. The second kappa shape index (κ2) is 7.43. The van der Waals surface area contributed by atoms with Crippen LogP contribution in [-0.2, 0) is 12.8 Å². The Bertz CT molecular complexity index is 1010. The minimum absolute atomic E-state index is 0.0515. The SMILES string of the molecule is C=C(C)C1=CN2C(=CC1=C)c1cc(CC)c(CCC(F)(F)F)cc1C1CCC(C)(C)C12. The summed E-state index contributed by atoms with van der Waals surface area (Å²) in [7, 11) is 0. The minimum atomic E-state index is -4.14. The molecule has 166 valence electrons. The van der Waals surface area contributed by atoms with Gasteiger partial charge >= 0.3 is 6.18 Å². The van der Waals surface area contributed by atoms with Crippen LogP contribution in [0.4, 0.5) is 13.2 Å². The number of fused-ring (bicyclic) bond motifs is 6. The van der Waals surface area contributed by atoms with Crippen LogP contribution in [0.1, 0.15) is 75.1 Å². The molecule has 1 saturated carbocycles. The van der Waals surface area contributed by atoms with E-state index < -0.39 is 12.6 Å². The lowest BCUT2D eigenvalue weighted by Crippen LogP contribution is -2.45. The Labute approximate surface area is 184 Å². The summed E-state index contributed by atoms with van der Waals surface area (Å²) in [5.74, 6) is 0.312. The second-order valence-electron chi connectivity index (χ2n) is 10.0. The van der Waals surface area contributed by atoms with Crippen molar-refractivity contribution >= 4 is 5.70 Å². The maximum Gasteiger partial charge on any atom is 0.389 e. The van der Waals surface area contributed by atoms with Crippen LogP contribution in [0.15, 0.2) is 54.3 Å². The van der Waals surface area contributed by atoms with Gasteiger partial charge in [0.05, 0.1) is 0 Å². The normalized spacial score (nSPS) is 24.2. The summed E-state index contributed by atoms with van der Waals surface area (Å²) >= 11 is 0. The van der Waals surface area contributed by atoms with Gasteiger partial charge in [0.15, 0.2) is 0 Å². The van der Waals surface area contributed by atoms with E-state index in [1.54, 1.807) is 0 Å². The summed E-state index contributed by atoms with van der Waals surface area (Å²) in [5.41, 5.74) is 8.48. The third-order valence-corrected chi connectivity index (χ3v) is 7.35. The molecule has 2 atom stereocenters. The largest absolute Gasteiger partial charge is 0.389 e. The molecule has 0 aromatic heterocycles. The number of alkyl halides is 3. The van der Waals surface area contributed by atoms with Crippen LogP contribution in [0.2, 0.25) is 0 Å². The molecule has 2 heterocycles. The topological polar surface area (TPSA) is 3.24 Å². The highest BCUT2D eigenvalue weighted by Gasteiger charge is 2.50.